The maximum atomic E-state index is 11.5. The van der Waals surface area contributed by atoms with E-state index in [4.69, 9.17) is 5.73 Å². The summed E-state index contributed by atoms with van der Waals surface area (Å²) in [4.78, 5) is 24.9. The number of amides is 1. The maximum absolute atomic E-state index is 11.5. The summed E-state index contributed by atoms with van der Waals surface area (Å²) in [5, 5.41) is 2.71. The molecule has 0 fully saturated rings. The molecule has 1 unspecified atom stereocenters. The fraction of sp³-hybridized carbons (Fsp3) is 0.400. The molecule has 82 valence electrons. The lowest BCUT2D eigenvalue weighted by molar-refractivity contribution is 0.0948. The van der Waals surface area contributed by atoms with E-state index in [0.29, 0.717) is 18.7 Å². The van der Waals surface area contributed by atoms with Gasteiger partial charge in [0.1, 0.15) is 0 Å². The zero-order valence-corrected chi connectivity index (χ0v) is 8.62. The van der Waals surface area contributed by atoms with E-state index in [0.717, 1.165) is 0 Å². The first-order valence-corrected chi connectivity index (χ1v) is 4.80. The second-order valence-electron chi connectivity index (χ2n) is 3.49. The Morgan fingerprint density at radius 1 is 1.67 bits per heavy atom. The smallest absolute Gasteiger partial charge is 0.251 e. The standard InChI is InChI=1S/C10H15N3O2/c1-7(5-11)6-13-10(15)8-2-3-12-9(14)4-8/h2-4,7H,5-6,11H2,1H3,(H,12,14)(H,13,15). The molecule has 1 aromatic heterocycles. The quantitative estimate of drug-likeness (QED) is 0.636. The normalized spacial score (nSPS) is 12.1. The Labute approximate surface area is 87.7 Å². The van der Waals surface area contributed by atoms with Crippen LogP contribution in [0.1, 0.15) is 17.3 Å². The lowest BCUT2D eigenvalue weighted by Crippen LogP contribution is -2.31. The number of nitrogens with one attached hydrogen (secondary N) is 2. The molecule has 1 amide bonds. The number of hydrogen-bond donors (Lipinski definition) is 3. The van der Waals surface area contributed by atoms with Crippen molar-refractivity contribution in [2.45, 2.75) is 6.92 Å². The van der Waals surface area contributed by atoms with E-state index in [1.165, 1.54) is 12.3 Å². The fourth-order valence-corrected chi connectivity index (χ4v) is 1.04. The predicted octanol–water partition coefficient (Wildman–Crippen LogP) is -0.301. The van der Waals surface area contributed by atoms with Gasteiger partial charge in [-0.15, -0.1) is 0 Å². The maximum Gasteiger partial charge on any atom is 0.251 e. The molecule has 1 rings (SSSR count). The summed E-state index contributed by atoms with van der Waals surface area (Å²) in [6, 6.07) is 2.83. The molecule has 1 aromatic rings. The second kappa shape index (κ2) is 5.31. The van der Waals surface area contributed by atoms with Gasteiger partial charge in [0.05, 0.1) is 0 Å². The lowest BCUT2D eigenvalue weighted by atomic mass is 10.2. The lowest BCUT2D eigenvalue weighted by Gasteiger charge is -2.09. The van der Waals surface area contributed by atoms with Crippen LogP contribution in [0, 0.1) is 5.92 Å². The van der Waals surface area contributed by atoms with Crippen molar-refractivity contribution < 1.29 is 4.79 Å². The Morgan fingerprint density at radius 2 is 2.40 bits per heavy atom. The highest BCUT2D eigenvalue weighted by molar-refractivity contribution is 5.93. The Kier molecular flexibility index (Phi) is 4.05. The van der Waals surface area contributed by atoms with E-state index in [1.807, 2.05) is 6.92 Å². The Hall–Kier alpha value is -1.62. The molecule has 0 bridgehead atoms. The molecular formula is C10H15N3O2. The highest BCUT2D eigenvalue weighted by Crippen LogP contribution is 1.94. The first-order valence-electron chi connectivity index (χ1n) is 4.80. The molecule has 0 saturated heterocycles. The largest absolute Gasteiger partial charge is 0.352 e. The van der Waals surface area contributed by atoms with Crippen molar-refractivity contribution in [1.82, 2.24) is 10.3 Å². The second-order valence-corrected chi connectivity index (χ2v) is 3.49. The van der Waals surface area contributed by atoms with Gasteiger partial charge in [0.25, 0.3) is 5.91 Å². The van der Waals surface area contributed by atoms with Gasteiger partial charge in [-0.25, -0.2) is 0 Å². The molecule has 1 atom stereocenters. The number of aromatic amines is 1. The van der Waals surface area contributed by atoms with Gasteiger partial charge in [0, 0.05) is 24.4 Å². The molecule has 5 heteroatoms. The first-order chi connectivity index (χ1) is 7.13. The summed E-state index contributed by atoms with van der Waals surface area (Å²) >= 11 is 0. The minimum atomic E-state index is -0.283. The fourth-order valence-electron chi connectivity index (χ4n) is 1.04. The molecule has 0 radical (unpaired) electrons. The number of aromatic nitrogens is 1. The summed E-state index contributed by atoms with van der Waals surface area (Å²) in [7, 11) is 0. The van der Waals surface area contributed by atoms with Gasteiger partial charge in [-0.05, 0) is 18.5 Å². The van der Waals surface area contributed by atoms with Crippen molar-refractivity contribution >= 4 is 5.91 Å². The predicted molar refractivity (Wildman–Crippen MR) is 57.6 cm³/mol. The van der Waals surface area contributed by atoms with Gasteiger partial charge in [-0.1, -0.05) is 6.92 Å². The number of carbonyl (C=O) groups excluding carboxylic acids is 1. The monoisotopic (exact) mass is 209 g/mol. The zero-order valence-electron chi connectivity index (χ0n) is 8.62. The molecule has 15 heavy (non-hydrogen) atoms. The van der Waals surface area contributed by atoms with Gasteiger partial charge >= 0.3 is 0 Å². The third-order valence-electron chi connectivity index (χ3n) is 2.05. The van der Waals surface area contributed by atoms with Crippen molar-refractivity contribution in [2.24, 2.45) is 11.7 Å². The number of rotatable bonds is 4. The van der Waals surface area contributed by atoms with E-state index in [9.17, 15) is 9.59 Å². The molecular weight excluding hydrogens is 194 g/mol. The van der Waals surface area contributed by atoms with Crippen LogP contribution >= 0.6 is 0 Å². The highest BCUT2D eigenvalue weighted by Gasteiger charge is 2.06. The molecule has 0 saturated carbocycles. The first kappa shape index (κ1) is 11.5. The van der Waals surface area contributed by atoms with Crippen molar-refractivity contribution in [1.29, 1.82) is 0 Å². The van der Waals surface area contributed by atoms with Gasteiger partial charge in [-0.2, -0.15) is 0 Å². The summed E-state index contributed by atoms with van der Waals surface area (Å²) in [5.74, 6) is -0.0163. The van der Waals surface area contributed by atoms with Crippen molar-refractivity contribution in [3.63, 3.8) is 0 Å². The Morgan fingerprint density at radius 3 is 3.00 bits per heavy atom. The third kappa shape index (κ3) is 3.55. The minimum Gasteiger partial charge on any atom is -0.352 e. The molecule has 1 heterocycles. The average molecular weight is 209 g/mol. The van der Waals surface area contributed by atoms with Crippen LogP contribution in [0.5, 0.6) is 0 Å². The Balaban J connectivity index is 2.58. The number of carbonyl (C=O) groups is 1. The zero-order chi connectivity index (χ0) is 11.3. The number of pyridine rings is 1. The van der Waals surface area contributed by atoms with Crippen LogP contribution in [0.4, 0.5) is 0 Å². The van der Waals surface area contributed by atoms with Gasteiger partial charge in [0.2, 0.25) is 5.56 Å². The summed E-state index contributed by atoms with van der Waals surface area (Å²) in [6.07, 6.45) is 1.45. The van der Waals surface area contributed by atoms with Crippen LogP contribution in [0.15, 0.2) is 23.1 Å². The number of hydrogen-bond acceptors (Lipinski definition) is 3. The van der Waals surface area contributed by atoms with Gasteiger partial charge in [-0.3, -0.25) is 9.59 Å². The molecule has 0 aliphatic heterocycles. The molecule has 0 aliphatic carbocycles. The topological polar surface area (TPSA) is 88.0 Å². The molecule has 4 N–H and O–H groups in total. The highest BCUT2D eigenvalue weighted by atomic mass is 16.2. The molecule has 0 spiro atoms. The number of H-pyrrole nitrogens is 1. The van der Waals surface area contributed by atoms with Crippen molar-refractivity contribution in [2.75, 3.05) is 13.1 Å². The van der Waals surface area contributed by atoms with Gasteiger partial charge < -0.3 is 16.0 Å². The van der Waals surface area contributed by atoms with Crippen molar-refractivity contribution in [3.05, 3.63) is 34.2 Å². The summed E-state index contributed by atoms with van der Waals surface area (Å²) in [5.41, 5.74) is 5.50. The number of nitrogens with two attached hydrogens (primary N) is 1. The third-order valence-corrected chi connectivity index (χ3v) is 2.05. The van der Waals surface area contributed by atoms with E-state index < -0.39 is 0 Å². The molecule has 5 nitrogen and oxygen atoms in total. The van der Waals surface area contributed by atoms with Gasteiger partial charge in [0.15, 0.2) is 0 Å². The van der Waals surface area contributed by atoms with Crippen molar-refractivity contribution in [3.8, 4) is 0 Å². The van der Waals surface area contributed by atoms with Crippen LogP contribution in [0.3, 0.4) is 0 Å². The minimum absolute atomic E-state index is 0.232. The SMILES string of the molecule is CC(CN)CNC(=O)c1cc[nH]c(=O)c1. The summed E-state index contributed by atoms with van der Waals surface area (Å²) in [6.45, 7) is 2.98. The Bertz CT molecular complexity index is 386. The molecule has 0 aromatic carbocycles. The van der Waals surface area contributed by atoms with Crippen LogP contribution in [0.25, 0.3) is 0 Å². The van der Waals surface area contributed by atoms with Crippen LogP contribution in [-0.4, -0.2) is 24.0 Å². The van der Waals surface area contributed by atoms with Crippen LogP contribution in [-0.2, 0) is 0 Å². The van der Waals surface area contributed by atoms with E-state index in [1.54, 1.807) is 6.07 Å². The van der Waals surface area contributed by atoms with E-state index in [-0.39, 0.29) is 17.4 Å². The summed E-state index contributed by atoms with van der Waals surface area (Å²) < 4.78 is 0. The van der Waals surface area contributed by atoms with E-state index in [2.05, 4.69) is 10.3 Å². The average Bonchev–Trinajstić information content (AvgIpc) is 2.25. The molecule has 0 aliphatic rings. The van der Waals surface area contributed by atoms with E-state index >= 15 is 0 Å². The van der Waals surface area contributed by atoms with Crippen LogP contribution in [0.2, 0.25) is 0 Å². The van der Waals surface area contributed by atoms with Crippen LogP contribution < -0.4 is 16.6 Å².